The first-order valence-corrected chi connectivity index (χ1v) is 6.48. The number of amides is 2. The van der Waals surface area contributed by atoms with E-state index in [1.807, 2.05) is 0 Å². The van der Waals surface area contributed by atoms with Gasteiger partial charge in [-0.05, 0) is 22.0 Å². The second kappa shape index (κ2) is 8.17. The molecule has 0 bridgehead atoms. The van der Waals surface area contributed by atoms with Gasteiger partial charge in [0.1, 0.15) is 6.61 Å². The predicted octanol–water partition coefficient (Wildman–Crippen LogP) is 1.58. The van der Waals surface area contributed by atoms with Crippen molar-refractivity contribution < 1.29 is 24.4 Å². The zero-order valence-electron chi connectivity index (χ0n) is 10.7. The number of carboxylic acids is 1. The first-order chi connectivity index (χ1) is 9.90. The third-order valence-corrected chi connectivity index (χ3v) is 2.86. The van der Waals surface area contributed by atoms with E-state index in [-0.39, 0.29) is 24.5 Å². The number of anilines is 1. The Hall–Kier alpha value is -2.20. The van der Waals surface area contributed by atoms with E-state index in [0.29, 0.717) is 4.47 Å². The van der Waals surface area contributed by atoms with Crippen molar-refractivity contribution in [2.24, 2.45) is 0 Å². The maximum absolute atomic E-state index is 11.6. The van der Waals surface area contributed by atoms with E-state index in [9.17, 15) is 19.7 Å². The van der Waals surface area contributed by atoms with Crippen LogP contribution in [0.1, 0.15) is 0 Å². The monoisotopic (exact) mass is 361 g/mol. The number of halogens is 1. The Balaban J connectivity index is 2.45. The fourth-order valence-corrected chi connectivity index (χ4v) is 1.63. The SMILES string of the molecule is O=C(O)COCCNC(=O)Nc1cc([N+](=O)[O-])ccc1Br. The fourth-order valence-electron chi connectivity index (χ4n) is 1.29. The molecule has 0 unspecified atom stereocenters. The van der Waals surface area contributed by atoms with Crippen LogP contribution in [0.25, 0.3) is 0 Å². The summed E-state index contributed by atoms with van der Waals surface area (Å²) in [5.41, 5.74) is 0.0893. The molecule has 1 aromatic carbocycles. The minimum atomic E-state index is -1.10. The maximum atomic E-state index is 11.6. The molecule has 0 atom stereocenters. The molecule has 0 aliphatic heterocycles. The van der Waals surface area contributed by atoms with Crippen LogP contribution < -0.4 is 10.6 Å². The van der Waals surface area contributed by atoms with Gasteiger partial charge in [0, 0.05) is 23.2 Å². The molecular formula is C11H12BrN3O6. The van der Waals surface area contributed by atoms with Crippen LogP contribution in [0, 0.1) is 10.1 Å². The number of ether oxygens (including phenoxy) is 1. The standard InChI is InChI=1S/C11H12BrN3O6/c12-8-2-1-7(15(19)20)5-9(8)14-11(18)13-3-4-21-6-10(16)17/h1-2,5H,3-4,6H2,(H,16,17)(H2,13,14,18). The fraction of sp³-hybridized carbons (Fsp3) is 0.273. The van der Waals surface area contributed by atoms with E-state index in [1.54, 1.807) is 0 Å². The van der Waals surface area contributed by atoms with Crippen molar-refractivity contribution in [2.45, 2.75) is 0 Å². The topological polar surface area (TPSA) is 131 Å². The van der Waals surface area contributed by atoms with E-state index in [1.165, 1.54) is 18.2 Å². The first kappa shape index (κ1) is 16.9. The molecule has 0 saturated heterocycles. The number of carbonyl (C=O) groups excluding carboxylic acids is 1. The van der Waals surface area contributed by atoms with Gasteiger partial charge >= 0.3 is 12.0 Å². The van der Waals surface area contributed by atoms with E-state index >= 15 is 0 Å². The van der Waals surface area contributed by atoms with Crippen LogP contribution in [0.15, 0.2) is 22.7 Å². The highest BCUT2D eigenvalue weighted by Crippen LogP contribution is 2.26. The molecule has 9 nitrogen and oxygen atoms in total. The summed E-state index contributed by atoms with van der Waals surface area (Å²) < 4.78 is 5.22. The molecule has 3 N–H and O–H groups in total. The van der Waals surface area contributed by atoms with Gasteiger partial charge in [-0.25, -0.2) is 9.59 Å². The van der Waals surface area contributed by atoms with Gasteiger partial charge in [0.05, 0.1) is 17.2 Å². The van der Waals surface area contributed by atoms with Gasteiger partial charge < -0.3 is 20.5 Å². The largest absolute Gasteiger partial charge is 0.480 e. The van der Waals surface area contributed by atoms with Crippen molar-refractivity contribution >= 4 is 39.3 Å². The third-order valence-electron chi connectivity index (χ3n) is 2.17. The van der Waals surface area contributed by atoms with Gasteiger partial charge in [0.25, 0.3) is 5.69 Å². The normalized spacial score (nSPS) is 9.95. The number of urea groups is 1. The van der Waals surface area contributed by atoms with E-state index in [4.69, 9.17) is 9.84 Å². The number of rotatable bonds is 7. The zero-order valence-corrected chi connectivity index (χ0v) is 12.3. The van der Waals surface area contributed by atoms with Gasteiger partial charge in [0.15, 0.2) is 0 Å². The van der Waals surface area contributed by atoms with E-state index < -0.39 is 23.5 Å². The van der Waals surface area contributed by atoms with Crippen LogP contribution in [-0.2, 0) is 9.53 Å². The zero-order chi connectivity index (χ0) is 15.8. The highest BCUT2D eigenvalue weighted by Gasteiger charge is 2.11. The number of carboxylic acid groups (broad SMARTS) is 1. The lowest BCUT2D eigenvalue weighted by molar-refractivity contribution is -0.384. The first-order valence-electron chi connectivity index (χ1n) is 5.68. The molecule has 1 aromatic rings. The summed E-state index contributed by atoms with van der Waals surface area (Å²) in [7, 11) is 0. The number of nitro groups is 1. The number of nitrogens with zero attached hydrogens (tertiary/aromatic N) is 1. The van der Waals surface area contributed by atoms with Gasteiger partial charge in [-0.3, -0.25) is 10.1 Å². The van der Waals surface area contributed by atoms with Crippen molar-refractivity contribution in [2.75, 3.05) is 25.1 Å². The summed E-state index contributed by atoms with van der Waals surface area (Å²) in [4.78, 5) is 31.8. The van der Waals surface area contributed by atoms with Crippen molar-refractivity contribution in [3.8, 4) is 0 Å². The summed E-state index contributed by atoms with van der Waals surface area (Å²) in [6, 6.07) is 3.37. The molecule has 0 aliphatic rings. The van der Waals surface area contributed by atoms with Gasteiger partial charge in [-0.2, -0.15) is 0 Å². The van der Waals surface area contributed by atoms with Crippen LogP contribution in [0.5, 0.6) is 0 Å². The summed E-state index contributed by atoms with van der Waals surface area (Å²) >= 11 is 3.16. The molecule has 0 radical (unpaired) electrons. The predicted molar refractivity (Wildman–Crippen MR) is 76.3 cm³/mol. The molecule has 0 heterocycles. The molecule has 2 amide bonds. The minimum absolute atomic E-state index is 0.0375. The number of carbonyl (C=O) groups is 2. The van der Waals surface area contributed by atoms with Crippen molar-refractivity contribution in [3.05, 3.63) is 32.8 Å². The van der Waals surface area contributed by atoms with Gasteiger partial charge in [0.2, 0.25) is 0 Å². The Kier molecular flexibility index (Phi) is 6.56. The summed E-state index contributed by atoms with van der Waals surface area (Å²) in [5.74, 6) is -1.10. The van der Waals surface area contributed by atoms with Crippen molar-refractivity contribution in [1.82, 2.24) is 5.32 Å². The van der Waals surface area contributed by atoms with Crippen molar-refractivity contribution in [3.63, 3.8) is 0 Å². The van der Waals surface area contributed by atoms with Crippen LogP contribution in [-0.4, -0.2) is 41.8 Å². The summed E-state index contributed by atoms with van der Waals surface area (Å²) in [5, 5.41) is 23.8. The molecular weight excluding hydrogens is 350 g/mol. The molecule has 0 spiro atoms. The second-order valence-corrected chi connectivity index (χ2v) is 4.60. The number of hydrogen-bond donors (Lipinski definition) is 3. The molecule has 114 valence electrons. The average Bonchev–Trinajstić information content (AvgIpc) is 2.40. The van der Waals surface area contributed by atoms with Crippen LogP contribution >= 0.6 is 15.9 Å². The molecule has 0 aliphatic carbocycles. The van der Waals surface area contributed by atoms with Gasteiger partial charge in [-0.15, -0.1) is 0 Å². The lowest BCUT2D eigenvalue weighted by Crippen LogP contribution is -2.32. The summed E-state index contributed by atoms with van der Waals surface area (Å²) in [6.45, 7) is -0.304. The number of non-ortho nitro benzene ring substituents is 1. The smallest absolute Gasteiger partial charge is 0.329 e. The minimum Gasteiger partial charge on any atom is -0.480 e. The molecule has 21 heavy (non-hydrogen) atoms. The Morgan fingerprint density at radius 1 is 1.43 bits per heavy atom. The van der Waals surface area contributed by atoms with Crippen molar-refractivity contribution in [1.29, 1.82) is 0 Å². The Morgan fingerprint density at radius 3 is 2.76 bits per heavy atom. The highest BCUT2D eigenvalue weighted by atomic mass is 79.9. The number of hydrogen-bond acceptors (Lipinski definition) is 5. The third kappa shape index (κ3) is 6.19. The Labute approximate surface area is 127 Å². The molecule has 10 heteroatoms. The van der Waals surface area contributed by atoms with E-state index in [2.05, 4.69) is 26.6 Å². The average molecular weight is 362 g/mol. The molecule has 0 aromatic heterocycles. The van der Waals surface area contributed by atoms with Crippen LogP contribution in [0.2, 0.25) is 0 Å². The van der Waals surface area contributed by atoms with Crippen LogP contribution in [0.3, 0.4) is 0 Å². The quantitative estimate of drug-likeness (QED) is 0.383. The molecule has 1 rings (SSSR count). The van der Waals surface area contributed by atoms with Gasteiger partial charge in [-0.1, -0.05) is 0 Å². The highest BCUT2D eigenvalue weighted by molar-refractivity contribution is 9.10. The number of aliphatic carboxylic acids is 1. The lowest BCUT2D eigenvalue weighted by Gasteiger charge is -2.09. The maximum Gasteiger partial charge on any atom is 0.329 e. The number of benzene rings is 1. The second-order valence-electron chi connectivity index (χ2n) is 3.75. The lowest BCUT2D eigenvalue weighted by atomic mass is 10.3. The van der Waals surface area contributed by atoms with E-state index in [0.717, 1.165) is 0 Å². The number of nitrogens with one attached hydrogen (secondary N) is 2. The van der Waals surface area contributed by atoms with Crippen LogP contribution in [0.4, 0.5) is 16.2 Å². The number of nitro benzene ring substituents is 1. The molecule has 0 fully saturated rings. The Morgan fingerprint density at radius 2 is 2.14 bits per heavy atom. The molecule has 0 saturated carbocycles. The Bertz CT molecular complexity index is 551. The summed E-state index contributed by atoms with van der Waals surface area (Å²) in [6.07, 6.45) is 0.